The Morgan fingerprint density at radius 1 is 1.03 bits per heavy atom. The SMILES string of the molecule is C=C(C)OC(=O)N1CCC(Cc2ccccc2OCc2cccc(CP(OCC)OCC)c2)CC1. The number of nitrogens with zero attached hydrogens (tertiary/aromatic N) is 1. The molecule has 0 bridgehead atoms. The second-order valence-electron chi connectivity index (χ2n) is 8.75. The molecule has 0 radical (unpaired) electrons. The van der Waals surface area contributed by atoms with Gasteiger partial charge in [0.15, 0.2) is 8.38 Å². The third-order valence-corrected chi connectivity index (χ3v) is 7.57. The maximum Gasteiger partial charge on any atom is 0.414 e. The molecule has 1 amide bonds. The predicted octanol–water partition coefficient (Wildman–Crippen LogP) is 7.08. The van der Waals surface area contributed by atoms with Crippen molar-refractivity contribution in [3.05, 3.63) is 77.6 Å². The molecule has 6 nitrogen and oxygen atoms in total. The molecule has 35 heavy (non-hydrogen) atoms. The van der Waals surface area contributed by atoms with Crippen LogP contribution >= 0.6 is 8.38 Å². The van der Waals surface area contributed by atoms with E-state index < -0.39 is 8.38 Å². The van der Waals surface area contributed by atoms with E-state index in [4.69, 9.17) is 18.5 Å². The summed E-state index contributed by atoms with van der Waals surface area (Å²) in [5, 5.41) is 0. The number of likely N-dealkylation sites (tertiary alicyclic amines) is 1. The van der Waals surface area contributed by atoms with Gasteiger partial charge in [-0.3, -0.25) is 0 Å². The van der Waals surface area contributed by atoms with Crippen LogP contribution in [-0.4, -0.2) is 37.3 Å². The minimum Gasteiger partial charge on any atom is -0.489 e. The summed E-state index contributed by atoms with van der Waals surface area (Å²) in [6.07, 6.45) is 3.32. The fourth-order valence-corrected chi connectivity index (χ4v) is 5.53. The molecule has 1 saturated heterocycles. The summed E-state index contributed by atoms with van der Waals surface area (Å²) >= 11 is 0. The molecule has 0 atom stereocenters. The molecule has 1 aliphatic rings. The summed E-state index contributed by atoms with van der Waals surface area (Å²) in [6.45, 7) is 12.6. The summed E-state index contributed by atoms with van der Waals surface area (Å²) in [4.78, 5) is 13.9. The van der Waals surface area contributed by atoms with E-state index in [2.05, 4.69) is 43.0 Å². The number of amides is 1. The van der Waals surface area contributed by atoms with Gasteiger partial charge < -0.3 is 23.4 Å². The van der Waals surface area contributed by atoms with E-state index in [9.17, 15) is 4.79 Å². The topological polar surface area (TPSA) is 57.2 Å². The van der Waals surface area contributed by atoms with Gasteiger partial charge in [-0.2, -0.15) is 0 Å². The first-order valence-electron chi connectivity index (χ1n) is 12.4. The van der Waals surface area contributed by atoms with E-state index in [0.29, 0.717) is 44.6 Å². The predicted molar refractivity (Wildman–Crippen MR) is 140 cm³/mol. The van der Waals surface area contributed by atoms with Gasteiger partial charge in [-0.1, -0.05) is 49.0 Å². The number of ether oxygens (including phenoxy) is 2. The number of carbonyl (C=O) groups excluding carboxylic acids is 1. The van der Waals surface area contributed by atoms with Crippen LogP contribution in [0.25, 0.3) is 0 Å². The van der Waals surface area contributed by atoms with Crippen molar-refractivity contribution >= 4 is 14.5 Å². The second kappa shape index (κ2) is 14.2. The number of benzene rings is 2. The molecule has 7 heteroatoms. The van der Waals surface area contributed by atoms with Crippen LogP contribution in [-0.2, 0) is 33.0 Å². The zero-order chi connectivity index (χ0) is 25.0. The van der Waals surface area contributed by atoms with Gasteiger partial charge >= 0.3 is 6.09 Å². The van der Waals surface area contributed by atoms with E-state index >= 15 is 0 Å². The van der Waals surface area contributed by atoms with Gasteiger partial charge in [0.1, 0.15) is 12.4 Å². The largest absolute Gasteiger partial charge is 0.489 e. The van der Waals surface area contributed by atoms with Crippen molar-refractivity contribution < 1.29 is 23.3 Å². The third kappa shape index (κ3) is 8.96. The fraction of sp³-hybridized carbons (Fsp3) is 0.464. The number of hydrogen-bond donors (Lipinski definition) is 0. The summed E-state index contributed by atoms with van der Waals surface area (Å²) in [5.74, 6) is 1.86. The van der Waals surface area contributed by atoms with Crippen LogP contribution in [0.4, 0.5) is 4.79 Å². The maximum absolute atomic E-state index is 12.1. The standard InChI is InChI=1S/C28H38NO5P/c1-5-32-35(33-6-2)21-25-11-9-10-24(18-25)20-31-27-13-8-7-12-26(27)19-23-14-16-29(17-15-23)28(30)34-22(3)4/h7-13,18,23H,3,5-6,14-17,19-21H2,1-2,4H3. The third-order valence-electron chi connectivity index (χ3n) is 5.86. The highest BCUT2D eigenvalue weighted by Crippen LogP contribution is 2.42. The minimum absolute atomic E-state index is 0.294. The zero-order valence-electron chi connectivity index (χ0n) is 21.2. The maximum atomic E-state index is 12.1. The van der Waals surface area contributed by atoms with E-state index in [1.165, 1.54) is 11.1 Å². The molecule has 2 aromatic carbocycles. The van der Waals surface area contributed by atoms with Gasteiger partial charge in [0, 0.05) is 19.3 Å². The van der Waals surface area contributed by atoms with Crippen molar-refractivity contribution in [3.8, 4) is 5.75 Å². The summed E-state index contributed by atoms with van der Waals surface area (Å²) < 4.78 is 22.9. The van der Waals surface area contributed by atoms with Crippen molar-refractivity contribution in [2.24, 2.45) is 5.92 Å². The summed E-state index contributed by atoms with van der Waals surface area (Å²) in [5.41, 5.74) is 3.54. The molecule has 190 valence electrons. The average molecular weight is 500 g/mol. The van der Waals surface area contributed by atoms with Gasteiger partial charge in [0.2, 0.25) is 0 Å². The summed E-state index contributed by atoms with van der Waals surface area (Å²) in [7, 11) is -0.908. The number of allylic oxidation sites excluding steroid dienone is 1. The Morgan fingerprint density at radius 3 is 2.40 bits per heavy atom. The van der Waals surface area contributed by atoms with Crippen LogP contribution < -0.4 is 4.74 Å². The van der Waals surface area contributed by atoms with Crippen molar-refractivity contribution in [1.82, 2.24) is 4.90 Å². The van der Waals surface area contributed by atoms with Gasteiger partial charge in [0.05, 0.1) is 19.0 Å². The molecule has 1 aliphatic heterocycles. The molecule has 0 aromatic heterocycles. The first-order valence-corrected chi connectivity index (χ1v) is 13.8. The van der Waals surface area contributed by atoms with Gasteiger partial charge in [-0.05, 0) is 68.7 Å². The number of carbonyl (C=O) groups is 1. The van der Waals surface area contributed by atoms with Crippen LogP contribution in [0.5, 0.6) is 5.75 Å². The molecule has 0 aliphatic carbocycles. The number of rotatable bonds is 12. The van der Waals surface area contributed by atoms with E-state index in [1.54, 1.807) is 11.8 Å². The van der Waals surface area contributed by atoms with Gasteiger partial charge in [0.25, 0.3) is 0 Å². The molecular weight excluding hydrogens is 461 g/mol. The van der Waals surface area contributed by atoms with Gasteiger partial charge in [-0.15, -0.1) is 0 Å². The molecule has 0 unspecified atom stereocenters. The Morgan fingerprint density at radius 2 is 1.71 bits per heavy atom. The Kier molecular flexibility index (Phi) is 11.1. The molecule has 1 fully saturated rings. The Balaban J connectivity index is 1.55. The fourth-order valence-electron chi connectivity index (χ4n) is 4.20. The molecule has 0 saturated carbocycles. The Hall–Kier alpha value is -2.40. The number of para-hydroxylation sites is 1. The van der Waals surface area contributed by atoms with Crippen molar-refractivity contribution in [2.75, 3.05) is 26.3 Å². The molecule has 2 aromatic rings. The van der Waals surface area contributed by atoms with Crippen molar-refractivity contribution in [3.63, 3.8) is 0 Å². The monoisotopic (exact) mass is 499 g/mol. The Labute approximate surface area is 211 Å². The molecule has 3 rings (SSSR count). The quantitative estimate of drug-likeness (QED) is 0.231. The lowest BCUT2D eigenvalue weighted by atomic mass is 9.90. The van der Waals surface area contributed by atoms with Crippen LogP contribution in [0.15, 0.2) is 60.9 Å². The average Bonchev–Trinajstić information content (AvgIpc) is 2.84. The van der Waals surface area contributed by atoms with Crippen molar-refractivity contribution in [1.29, 1.82) is 0 Å². The molecule has 0 spiro atoms. The van der Waals surface area contributed by atoms with Crippen LogP contribution in [0.3, 0.4) is 0 Å². The van der Waals surface area contributed by atoms with Crippen molar-refractivity contribution in [2.45, 2.75) is 52.8 Å². The lowest BCUT2D eigenvalue weighted by molar-refractivity contribution is 0.110. The lowest BCUT2D eigenvalue weighted by Crippen LogP contribution is -2.39. The van der Waals surface area contributed by atoms with E-state index in [1.807, 2.05) is 26.0 Å². The number of piperidine rings is 1. The first-order chi connectivity index (χ1) is 17.0. The van der Waals surface area contributed by atoms with Gasteiger partial charge in [-0.25, -0.2) is 4.79 Å². The van der Waals surface area contributed by atoms with E-state index in [-0.39, 0.29) is 6.09 Å². The van der Waals surface area contributed by atoms with Crippen LogP contribution in [0, 0.1) is 5.92 Å². The highest BCUT2D eigenvalue weighted by Gasteiger charge is 2.24. The number of hydrogen-bond acceptors (Lipinski definition) is 5. The lowest BCUT2D eigenvalue weighted by Gasteiger charge is -2.31. The molecule has 1 heterocycles. The normalized spacial score (nSPS) is 14.2. The first kappa shape index (κ1) is 27.2. The Bertz CT molecular complexity index is 952. The minimum atomic E-state index is -0.908. The summed E-state index contributed by atoms with van der Waals surface area (Å²) in [6, 6.07) is 16.7. The van der Waals surface area contributed by atoms with Crippen LogP contribution in [0.2, 0.25) is 0 Å². The molecule has 0 N–H and O–H groups in total. The highest BCUT2D eigenvalue weighted by molar-refractivity contribution is 7.46. The smallest absolute Gasteiger partial charge is 0.414 e. The molecular formula is C28H38NO5P. The van der Waals surface area contributed by atoms with Crippen LogP contribution in [0.1, 0.15) is 50.3 Å². The van der Waals surface area contributed by atoms with E-state index in [0.717, 1.165) is 36.7 Å². The second-order valence-corrected chi connectivity index (χ2v) is 10.2. The highest BCUT2D eigenvalue weighted by atomic mass is 31.2. The zero-order valence-corrected chi connectivity index (χ0v) is 22.1.